The third kappa shape index (κ3) is 4.42. The second-order valence-electron chi connectivity index (χ2n) is 7.03. The molecule has 1 fully saturated rings. The number of carbonyl (C=O) groups excluding carboxylic acids is 1. The normalized spacial score (nSPS) is 14.6. The van der Waals surface area contributed by atoms with E-state index in [0.717, 1.165) is 18.4 Å². The van der Waals surface area contributed by atoms with E-state index in [1.165, 1.54) is 12.3 Å². The summed E-state index contributed by atoms with van der Waals surface area (Å²) in [5.41, 5.74) is 1.43. The van der Waals surface area contributed by atoms with E-state index < -0.39 is 0 Å². The van der Waals surface area contributed by atoms with Gasteiger partial charge in [-0.15, -0.1) is 0 Å². The maximum atomic E-state index is 13.8. The molecule has 0 spiro atoms. The number of aromatic nitrogens is 1. The van der Waals surface area contributed by atoms with Gasteiger partial charge in [-0.2, -0.15) is 0 Å². The van der Waals surface area contributed by atoms with Gasteiger partial charge in [0.2, 0.25) is 5.91 Å². The van der Waals surface area contributed by atoms with E-state index in [0.29, 0.717) is 34.6 Å². The fourth-order valence-corrected chi connectivity index (χ4v) is 3.38. The van der Waals surface area contributed by atoms with Crippen LogP contribution in [0.4, 0.5) is 4.39 Å². The Labute approximate surface area is 167 Å². The van der Waals surface area contributed by atoms with Crippen LogP contribution in [0, 0.1) is 11.7 Å². The number of oxazole rings is 1. The zero-order valence-corrected chi connectivity index (χ0v) is 16.0. The molecule has 2 aromatic carbocycles. The van der Waals surface area contributed by atoms with Gasteiger partial charge in [-0.3, -0.25) is 4.79 Å². The molecule has 1 aromatic heterocycles. The van der Waals surface area contributed by atoms with Crippen LogP contribution >= 0.6 is 11.6 Å². The molecule has 144 valence electrons. The van der Waals surface area contributed by atoms with Crippen molar-refractivity contribution in [3.8, 4) is 11.3 Å². The number of hydrogen-bond acceptors (Lipinski definition) is 3. The van der Waals surface area contributed by atoms with Crippen LogP contribution in [0.3, 0.4) is 0 Å². The highest BCUT2D eigenvalue weighted by atomic mass is 35.5. The zero-order chi connectivity index (χ0) is 19.5. The molecule has 1 aliphatic rings. The van der Waals surface area contributed by atoms with E-state index in [2.05, 4.69) is 10.3 Å². The molecule has 1 unspecified atom stereocenters. The first kappa shape index (κ1) is 18.7. The van der Waals surface area contributed by atoms with Gasteiger partial charge in [-0.25, -0.2) is 9.37 Å². The second kappa shape index (κ2) is 8.15. The van der Waals surface area contributed by atoms with Gasteiger partial charge < -0.3 is 9.73 Å². The number of aryl methyl sites for hydroxylation is 1. The molecule has 1 aliphatic carbocycles. The predicted molar refractivity (Wildman–Crippen MR) is 105 cm³/mol. The summed E-state index contributed by atoms with van der Waals surface area (Å²) in [6.45, 7) is 0. The van der Waals surface area contributed by atoms with Crippen LogP contribution in [0.5, 0.6) is 0 Å². The predicted octanol–water partition coefficient (Wildman–Crippen LogP) is 5.33. The van der Waals surface area contributed by atoms with Crippen molar-refractivity contribution in [2.24, 2.45) is 5.92 Å². The Bertz CT molecular complexity index is 967. The number of amides is 1. The smallest absolute Gasteiger partial charge is 0.221 e. The Kier molecular flexibility index (Phi) is 5.44. The van der Waals surface area contributed by atoms with Crippen LogP contribution in [0.25, 0.3) is 11.3 Å². The SMILES string of the molecule is O=C(CCc1ncc(-c2ccccc2F)o1)NC(c1ccc(Cl)cc1)C1CC1. The van der Waals surface area contributed by atoms with Gasteiger partial charge >= 0.3 is 0 Å². The lowest BCUT2D eigenvalue weighted by Gasteiger charge is -2.18. The second-order valence-corrected chi connectivity index (χ2v) is 7.47. The molecule has 3 aromatic rings. The van der Waals surface area contributed by atoms with E-state index in [9.17, 15) is 9.18 Å². The van der Waals surface area contributed by atoms with E-state index in [1.807, 2.05) is 24.3 Å². The number of hydrogen-bond donors (Lipinski definition) is 1. The molecule has 0 aliphatic heterocycles. The first-order valence-electron chi connectivity index (χ1n) is 9.34. The molecule has 1 amide bonds. The average Bonchev–Trinajstić information content (AvgIpc) is 3.43. The van der Waals surface area contributed by atoms with Crippen LogP contribution in [0.1, 0.15) is 36.8 Å². The van der Waals surface area contributed by atoms with Gasteiger partial charge in [0.15, 0.2) is 11.7 Å². The zero-order valence-electron chi connectivity index (χ0n) is 15.2. The van der Waals surface area contributed by atoms with Crippen LogP contribution < -0.4 is 5.32 Å². The maximum absolute atomic E-state index is 13.8. The third-order valence-electron chi connectivity index (χ3n) is 4.90. The molecule has 0 saturated heterocycles. The molecule has 1 atom stereocenters. The molecular formula is C22H20ClFN2O2. The van der Waals surface area contributed by atoms with Crippen molar-refractivity contribution in [2.45, 2.75) is 31.7 Å². The minimum absolute atomic E-state index is 0.00306. The summed E-state index contributed by atoms with van der Waals surface area (Å²) in [4.78, 5) is 16.6. The molecule has 0 radical (unpaired) electrons. The highest BCUT2D eigenvalue weighted by molar-refractivity contribution is 6.30. The Morgan fingerprint density at radius 1 is 1.21 bits per heavy atom. The molecular weight excluding hydrogens is 379 g/mol. The Hall–Kier alpha value is -2.66. The Balaban J connectivity index is 1.36. The number of nitrogens with one attached hydrogen (secondary N) is 1. The van der Waals surface area contributed by atoms with Crippen molar-refractivity contribution in [1.82, 2.24) is 10.3 Å². The lowest BCUT2D eigenvalue weighted by molar-refractivity contribution is -0.122. The largest absolute Gasteiger partial charge is 0.441 e. The average molecular weight is 399 g/mol. The standard InChI is InChI=1S/C22H20ClFN2O2/c23-16-9-7-15(8-10-16)22(14-5-6-14)26-20(27)11-12-21-25-13-19(28-21)17-3-1-2-4-18(17)24/h1-4,7-10,13-14,22H,5-6,11-12H2,(H,26,27). The van der Waals surface area contributed by atoms with Crippen LogP contribution in [-0.2, 0) is 11.2 Å². The molecule has 28 heavy (non-hydrogen) atoms. The van der Waals surface area contributed by atoms with Crippen molar-refractivity contribution in [3.63, 3.8) is 0 Å². The Morgan fingerprint density at radius 2 is 1.96 bits per heavy atom. The quantitative estimate of drug-likeness (QED) is 0.584. The molecule has 6 heteroatoms. The van der Waals surface area contributed by atoms with E-state index >= 15 is 0 Å². The minimum Gasteiger partial charge on any atom is -0.441 e. The molecule has 1 heterocycles. The molecule has 1 saturated carbocycles. The molecule has 4 rings (SSSR count). The first-order valence-corrected chi connectivity index (χ1v) is 9.72. The number of benzene rings is 2. The van der Waals surface area contributed by atoms with Crippen LogP contribution in [0.15, 0.2) is 59.1 Å². The summed E-state index contributed by atoms with van der Waals surface area (Å²) in [5, 5.41) is 3.80. The lowest BCUT2D eigenvalue weighted by atomic mass is 10.0. The van der Waals surface area contributed by atoms with Crippen LogP contribution in [-0.4, -0.2) is 10.9 Å². The lowest BCUT2D eigenvalue weighted by Crippen LogP contribution is -2.30. The summed E-state index contributed by atoms with van der Waals surface area (Å²) >= 11 is 5.96. The Morgan fingerprint density at radius 3 is 2.68 bits per heavy atom. The highest BCUT2D eigenvalue weighted by Gasteiger charge is 2.33. The van der Waals surface area contributed by atoms with Gasteiger partial charge in [0, 0.05) is 17.9 Å². The van der Waals surface area contributed by atoms with E-state index in [4.69, 9.17) is 16.0 Å². The number of halogens is 2. The minimum atomic E-state index is -0.363. The summed E-state index contributed by atoms with van der Waals surface area (Å²) in [7, 11) is 0. The monoisotopic (exact) mass is 398 g/mol. The topological polar surface area (TPSA) is 55.1 Å². The van der Waals surface area contributed by atoms with Crippen molar-refractivity contribution in [2.75, 3.05) is 0 Å². The summed E-state index contributed by atoms with van der Waals surface area (Å²) in [6.07, 6.45) is 4.33. The van der Waals surface area contributed by atoms with Gasteiger partial charge in [0.25, 0.3) is 0 Å². The highest BCUT2D eigenvalue weighted by Crippen LogP contribution is 2.41. The van der Waals surface area contributed by atoms with E-state index in [1.54, 1.807) is 18.2 Å². The van der Waals surface area contributed by atoms with Crippen molar-refractivity contribution in [3.05, 3.63) is 77.0 Å². The molecule has 1 N–H and O–H groups in total. The fourth-order valence-electron chi connectivity index (χ4n) is 3.25. The molecule has 4 nitrogen and oxygen atoms in total. The van der Waals surface area contributed by atoms with Gasteiger partial charge in [-0.1, -0.05) is 35.9 Å². The summed E-state index contributed by atoms with van der Waals surface area (Å²) < 4.78 is 19.5. The van der Waals surface area contributed by atoms with E-state index in [-0.39, 0.29) is 24.2 Å². The molecule has 0 bridgehead atoms. The van der Waals surface area contributed by atoms with Crippen molar-refractivity contribution < 1.29 is 13.6 Å². The fraction of sp³-hybridized carbons (Fsp3) is 0.273. The number of nitrogens with zero attached hydrogens (tertiary/aromatic N) is 1. The van der Waals surface area contributed by atoms with Crippen LogP contribution in [0.2, 0.25) is 5.02 Å². The third-order valence-corrected chi connectivity index (χ3v) is 5.15. The van der Waals surface area contributed by atoms with Gasteiger partial charge in [-0.05, 0) is 48.6 Å². The number of carbonyl (C=O) groups is 1. The maximum Gasteiger partial charge on any atom is 0.221 e. The first-order chi connectivity index (χ1) is 13.6. The summed E-state index contributed by atoms with van der Waals surface area (Å²) in [6, 6.07) is 14.0. The number of rotatable bonds is 7. The summed E-state index contributed by atoms with van der Waals surface area (Å²) in [5.74, 6) is 0.837. The van der Waals surface area contributed by atoms with Gasteiger partial charge in [0.1, 0.15) is 5.82 Å². The van der Waals surface area contributed by atoms with Gasteiger partial charge in [0.05, 0.1) is 17.8 Å². The van der Waals surface area contributed by atoms with Crippen molar-refractivity contribution in [1.29, 1.82) is 0 Å². The van der Waals surface area contributed by atoms with Crippen molar-refractivity contribution >= 4 is 17.5 Å².